The molecule has 0 saturated carbocycles. The lowest BCUT2D eigenvalue weighted by Gasteiger charge is -2.26. The number of benzene rings is 3. The molecule has 3 aromatic carbocycles. The summed E-state index contributed by atoms with van der Waals surface area (Å²) >= 11 is 0. The van der Waals surface area contributed by atoms with E-state index in [2.05, 4.69) is 0 Å². The number of hydrogen-bond acceptors (Lipinski definition) is 7. The van der Waals surface area contributed by atoms with E-state index in [1.54, 1.807) is 24.3 Å². The van der Waals surface area contributed by atoms with Gasteiger partial charge in [0.15, 0.2) is 11.5 Å². The first-order valence-electron chi connectivity index (χ1n) is 10.3. The second-order valence-electron chi connectivity index (χ2n) is 7.70. The normalized spacial score (nSPS) is 15.1. The third kappa shape index (κ3) is 3.38. The SMILES string of the molecule is COc1cc([C@H]2CC(=O)Oc3ccc4c(=O)c(-c5ccccc5)coc4c32)cc(OC)c1O. The Kier molecular flexibility index (Phi) is 5.01. The first-order valence-corrected chi connectivity index (χ1v) is 10.3. The van der Waals surface area contributed by atoms with Crippen molar-refractivity contribution in [3.63, 3.8) is 0 Å². The lowest BCUT2D eigenvalue weighted by molar-refractivity contribution is -0.135. The number of carbonyl (C=O) groups excluding carboxylic acids is 1. The molecule has 33 heavy (non-hydrogen) atoms. The van der Waals surface area contributed by atoms with E-state index in [0.717, 1.165) is 5.56 Å². The van der Waals surface area contributed by atoms with E-state index < -0.39 is 11.9 Å². The Bertz CT molecular complexity index is 1410. The van der Waals surface area contributed by atoms with Crippen LogP contribution in [0, 0.1) is 0 Å². The topological polar surface area (TPSA) is 95.2 Å². The molecular weight excluding hydrogens is 424 g/mol. The molecule has 1 aromatic heterocycles. The molecule has 166 valence electrons. The fourth-order valence-electron chi connectivity index (χ4n) is 4.27. The number of phenolic OH excluding ortho intramolecular Hbond substituents is 1. The van der Waals surface area contributed by atoms with Crippen LogP contribution in [-0.2, 0) is 4.79 Å². The van der Waals surface area contributed by atoms with Crippen molar-refractivity contribution in [1.82, 2.24) is 0 Å². The summed E-state index contributed by atoms with van der Waals surface area (Å²) in [6.07, 6.45) is 1.46. The van der Waals surface area contributed by atoms with Gasteiger partial charge in [0, 0.05) is 11.5 Å². The highest BCUT2D eigenvalue weighted by atomic mass is 16.5. The van der Waals surface area contributed by atoms with Gasteiger partial charge in [0.1, 0.15) is 17.6 Å². The van der Waals surface area contributed by atoms with Gasteiger partial charge in [-0.2, -0.15) is 0 Å². The van der Waals surface area contributed by atoms with Crippen molar-refractivity contribution in [3.05, 3.63) is 82.2 Å². The van der Waals surface area contributed by atoms with E-state index >= 15 is 0 Å². The molecule has 0 spiro atoms. The number of carbonyl (C=O) groups is 1. The zero-order valence-corrected chi connectivity index (χ0v) is 18.0. The van der Waals surface area contributed by atoms with Crippen LogP contribution in [0.15, 0.2) is 70.1 Å². The summed E-state index contributed by atoms with van der Waals surface area (Å²) in [5.74, 6) is -0.319. The first-order chi connectivity index (χ1) is 16.0. The molecule has 7 heteroatoms. The van der Waals surface area contributed by atoms with Crippen LogP contribution in [0.1, 0.15) is 23.5 Å². The largest absolute Gasteiger partial charge is 0.502 e. The average Bonchev–Trinajstić information content (AvgIpc) is 2.84. The predicted octanol–water partition coefficient (Wildman–Crippen LogP) is 4.62. The lowest BCUT2D eigenvalue weighted by Crippen LogP contribution is -2.22. The summed E-state index contributed by atoms with van der Waals surface area (Å²) in [7, 11) is 2.86. The van der Waals surface area contributed by atoms with Crippen LogP contribution in [0.5, 0.6) is 23.0 Å². The van der Waals surface area contributed by atoms with Crippen LogP contribution in [0.2, 0.25) is 0 Å². The van der Waals surface area contributed by atoms with E-state index in [0.29, 0.717) is 33.4 Å². The Balaban J connectivity index is 1.75. The molecule has 0 fully saturated rings. The van der Waals surface area contributed by atoms with Gasteiger partial charge in [-0.25, -0.2) is 0 Å². The third-order valence-electron chi connectivity index (χ3n) is 5.87. The van der Waals surface area contributed by atoms with E-state index in [1.165, 1.54) is 20.5 Å². The highest BCUT2D eigenvalue weighted by Gasteiger charge is 2.33. The van der Waals surface area contributed by atoms with Crippen molar-refractivity contribution in [2.45, 2.75) is 12.3 Å². The molecule has 0 unspecified atom stereocenters. The molecule has 1 N–H and O–H groups in total. The van der Waals surface area contributed by atoms with Gasteiger partial charge in [-0.1, -0.05) is 30.3 Å². The minimum Gasteiger partial charge on any atom is -0.502 e. The molecule has 0 amide bonds. The molecule has 1 aliphatic heterocycles. The maximum atomic E-state index is 13.3. The van der Waals surface area contributed by atoms with Crippen LogP contribution in [0.25, 0.3) is 22.1 Å². The van der Waals surface area contributed by atoms with Crippen molar-refractivity contribution < 1.29 is 28.5 Å². The van der Waals surface area contributed by atoms with E-state index in [4.69, 9.17) is 18.6 Å². The van der Waals surface area contributed by atoms with E-state index in [-0.39, 0.29) is 29.1 Å². The van der Waals surface area contributed by atoms with Crippen LogP contribution in [-0.4, -0.2) is 25.3 Å². The van der Waals surface area contributed by atoms with Crippen LogP contribution >= 0.6 is 0 Å². The van der Waals surface area contributed by atoms with Crippen molar-refractivity contribution in [1.29, 1.82) is 0 Å². The molecular formula is C26H20O7. The Morgan fingerprint density at radius 3 is 2.33 bits per heavy atom. The number of phenols is 1. The Morgan fingerprint density at radius 1 is 0.970 bits per heavy atom. The molecule has 0 radical (unpaired) electrons. The van der Waals surface area contributed by atoms with Gasteiger partial charge in [0.2, 0.25) is 11.2 Å². The van der Waals surface area contributed by atoms with Crippen molar-refractivity contribution in [3.8, 4) is 34.1 Å². The molecule has 0 aliphatic carbocycles. The molecule has 1 atom stereocenters. The molecule has 0 saturated heterocycles. The van der Waals surface area contributed by atoms with E-state index in [1.807, 2.05) is 30.3 Å². The lowest BCUT2D eigenvalue weighted by atomic mass is 9.84. The average molecular weight is 444 g/mol. The van der Waals surface area contributed by atoms with Gasteiger partial charge in [-0.3, -0.25) is 9.59 Å². The number of ether oxygens (including phenoxy) is 3. The summed E-state index contributed by atoms with van der Waals surface area (Å²) in [5, 5.41) is 10.7. The zero-order chi connectivity index (χ0) is 23.1. The first kappa shape index (κ1) is 20.6. The fourth-order valence-corrected chi connectivity index (χ4v) is 4.27. The van der Waals surface area contributed by atoms with E-state index in [9.17, 15) is 14.7 Å². The number of hydrogen-bond donors (Lipinski definition) is 1. The molecule has 7 nitrogen and oxygen atoms in total. The number of methoxy groups -OCH3 is 2. The number of aromatic hydroxyl groups is 1. The van der Waals surface area contributed by atoms with Crippen molar-refractivity contribution in [2.24, 2.45) is 0 Å². The monoisotopic (exact) mass is 444 g/mol. The van der Waals surface area contributed by atoms with Crippen molar-refractivity contribution >= 4 is 16.9 Å². The van der Waals surface area contributed by atoms with Crippen LogP contribution < -0.4 is 19.6 Å². The highest BCUT2D eigenvalue weighted by Crippen LogP contribution is 2.46. The second-order valence-corrected chi connectivity index (χ2v) is 7.70. The summed E-state index contributed by atoms with van der Waals surface area (Å²) in [4.78, 5) is 25.7. The van der Waals surface area contributed by atoms with Gasteiger partial charge in [0.25, 0.3) is 0 Å². The smallest absolute Gasteiger partial charge is 0.312 e. The van der Waals surface area contributed by atoms with Crippen LogP contribution in [0.3, 0.4) is 0 Å². The third-order valence-corrected chi connectivity index (χ3v) is 5.87. The molecule has 4 aromatic rings. The minimum atomic E-state index is -0.501. The van der Waals surface area contributed by atoms with Gasteiger partial charge in [-0.15, -0.1) is 0 Å². The van der Waals surface area contributed by atoms with Gasteiger partial charge in [-0.05, 0) is 35.4 Å². The number of rotatable bonds is 4. The standard InChI is InChI=1S/C26H20O7/c1-30-20-10-15(11-21(31-2)25(20)29)17-12-22(27)33-19-9-8-16-24(28)18(13-32-26(16)23(17)19)14-6-4-3-5-7-14/h3-11,13,17,29H,12H2,1-2H3/t17-/m1/s1. The molecule has 2 heterocycles. The van der Waals surface area contributed by atoms with Crippen LogP contribution in [0.4, 0.5) is 0 Å². The maximum absolute atomic E-state index is 13.3. The molecule has 0 bridgehead atoms. The van der Waals surface area contributed by atoms with Gasteiger partial charge in [0.05, 0.1) is 31.6 Å². The quantitative estimate of drug-likeness (QED) is 0.362. The minimum absolute atomic E-state index is 0.0212. The Labute approximate surface area is 188 Å². The predicted molar refractivity (Wildman–Crippen MR) is 121 cm³/mol. The molecule has 1 aliphatic rings. The second kappa shape index (κ2) is 8.02. The number of esters is 1. The summed E-state index contributed by atoms with van der Waals surface area (Å²) in [5.41, 5.74) is 2.60. The van der Waals surface area contributed by atoms with Crippen molar-refractivity contribution in [2.75, 3.05) is 14.2 Å². The Morgan fingerprint density at radius 2 is 1.67 bits per heavy atom. The summed E-state index contributed by atoms with van der Waals surface area (Å²) < 4.78 is 22.0. The molecule has 5 rings (SSSR count). The maximum Gasteiger partial charge on any atom is 0.312 e. The summed E-state index contributed by atoms with van der Waals surface area (Å²) in [6.45, 7) is 0. The summed E-state index contributed by atoms with van der Waals surface area (Å²) in [6, 6.07) is 15.8. The fraction of sp³-hybridized carbons (Fsp3) is 0.154. The Hall–Kier alpha value is -4.26. The van der Waals surface area contributed by atoms with Gasteiger partial charge >= 0.3 is 5.97 Å². The van der Waals surface area contributed by atoms with Gasteiger partial charge < -0.3 is 23.7 Å². The number of fused-ring (bicyclic) bond motifs is 3. The highest BCUT2D eigenvalue weighted by molar-refractivity contribution is 5.90. The zero-order valence-electron chi connectivity index (χ0n) is 18.0.